The van der Waals surface area contributed by atoms with Gasteiger partial charge in [-0.05, 0) is 65.2 Å². The van der Waals surface area contributed by atoms with E-state index in [9.17, 15) is 13.2 Å². The van der Waals surface area contributed by atoms with Gasteiger partial charge in [0, 0.05) is 22.6 Å². The van der Waals surface area contributed by atoms with Gasteiger partial charge in [0.25, 0.3) is 5.91 Å². The number of carbonyl (C=O) groups is 1. The molecule has 0 radical (unpaired) electrons. The van der Waals surface area contributed by atoms with E-state index in [1.165, 1.54) is 12.1 Å². The molecule has 9 heteroatoms. The highest BCUT2D eigenvalue weighted by Crippen LogP contribution is 2.26. The van der Waals surface area contributed by atoms with Crippen molar-refractivity contribution < 1.29 is 22.7 Å². The Morgan fingerprint density at radius 3 is 2.54 bits per heavy atom. The Labute approximate surface area is 172 Å². The van der Waals surface area contributed by atoms with Gasteiger partial charge in [-0.2, -0.15) is 0 Å². The predicted octanol–water partition coefficient (Wildman–Crippen LogP) is 2.84. The third kappa shape index (κ3) is 4.84. The fourth-order valence-corrected chi connectivity index (χ4v) is 4.38. The first-order chi connectivity index (χ1) is 13.3. The van der Waals surface area contributed by atoms with Gasteiger partial charge in [-0.25, -0.2) is 13.1 Å². The van der Waals surface area contributed by atoms with Crippen molar-refractivity contribution >= 4 is 31.9 Å². The molecular formula is C19H21BrN2O5S. The number of hydrogen-bond acceptors (Lipinski definition) is 5. The SMILES string of the molecule is COc1ccc(OC)c(CNC(=O)c2cc(S(=O)(=O)NC3CC3)ccc2Br)c1. The summed E-state index contributed by atoms with van der Waals surface area (Å²) in [5.74, 6) is 0.857. The molecule has 1 saturated carbocycles. The fraction of sp³-hybridized carbons (Fsp3) is 0.316. The first-order valence-electron chi connectivity index (χ1n) is 8.65. The summed E-state index contributed by atoms with van der Waals surface area (Å²) >= 11 is 3.32. The molecule has 0 bridgehead atoms. The number of amides is 1. The van der Waals surface area contributed by atoms with Gasteiger partial charge in [0.05, 0.1) is 24.7 Å². The van der Waals surface area contributed by atoms with Crippen molar-refractivity contribution in [2.45, 2.75) is 30.3 Å². The van der Waals surface area contributed by atoms with Crippen LogP contribution in [-0.4, -0.2) is 34.6 Å². The molecule has 0 heterocycles. The average molecular weight is 469 g/mol. The minimum absolute atomic E-state index is 0.00792. The number of carbonyl (C=O) groups excluding carboxylic acids is 1. The average Bonchev–Trinajstić information content (AvgIpc) is 3.49. The van der Waals surface area contributed by atoms with Gasteiger partial charge in [-0.1, -0.05) is 0 Å². The lowest BCUT2D eigenvalue weighted by atomic mass is 10.1. The van der Waals surface area contributed by atoms with Crippen molar-refractivity contribution in [3.05, 3.63) is 52.0 Å². The maximum Gasteiger partial charge on any atom is 0.252 e. The van der Waals surface area contributed by atoms with Gasteiger partial charge in [-0.3, -0.25) is 4.79 Å². The van der Waals surface area contributed by atoms with Crippen molar-refractivity contribution in [1.29, 1.82) is 0 Å². The van der Waals surface area contributed by atoms with Crippen molar-refractivity contribution in [1.82, 2.24) is 10.0 Å². The number of methoxy groups -OCH3 is 2. The van der Waals surface area contributed by atoms with Crippen molar-refractivity contribution in [2.75, 3.05) is 14.2 Å². The quantitative estimate of drug-likeness (QED) is 0.620. The van der Waals surface area contributed by atoms with Crippen LogP contribution in [0.25, 0.3) is 0 Å². The molecule has 0 spiro atoms. The molecule has 0 atom stereocenters. The van der Waals surface area contributed by atoms with Gasteiger partial charge in [0.1, 0.15) is 11.5 Å². The van der Waals surface area contributed by atoms with Crippen LogP contribution in [0.3, 0.4) is 0 Å². The number of halogens is 1. The van der Waals surface area contributed by atoms with Gasteiger partial charge >= 0.3 is 0 Å². The Morgan fingerprint density at radius 2 is 1.89 bits per heavy atom. The number of rotatable bonds is 8. The van der Waals surface area contributed by atoms with Crippen LogP contribution < -0.4 is 19.5 Å². The van der Waals surface area contributed by atoms with Crippen molar-refractivity contribution in [3.8, 4) is 11.5 Å². The lowest BCUT2D eigenvalue weighted by Gasteiger charge is -2.13. The second-order valence-corrected chi connectivity index (χ2v) is 8.97. The van der Waals surface area contributed by atoms with Crippen LogP contribution in [0, 0.1) is 0 Å². The van der Waals surface area contributed by atoms with E-state index in [0.717, 1.165) is 18.4 Å². The Balaban J connectivity index is 1.78. The van der Waals surface area contributed by atoms with E-state index in [4.69, 9.17) is 9.47 Å². The molecule has 2 aromatic carbocycles. The van der Waals surface area contributed by atoms with E-state index < -0.39 is 15.9 Å². The smallest absolute Gasteiger partial charge is 0.252 e. The molecule has 0 saturated heterocycles. The van der Waals surface area contributed by atoms with E-state index in [0.29, 0.717) is 16.0 Å². The second kappa shape index (κ2) is 8.50. The number of ether oxygens (including phenoxy) is 2. The van der Waals surface area contributed by atoms with E-state index in [1.54, 1.807) is 38.5 Å². The highest BCUT2D eigenvalue weighted by Gasteiger charge is 2.28. The summed E-state index contributed by atoms with van der Waals surface area (Å²) in [6.45, 7) is 0.197. The number of hydrogen-bond donors (Lipinski definition) is 2. The lowest BCUT2D eigenvalue weighted by molar-refractivity contribution is 0.0949. The highest BCUT2D eigenvalue weighted by atomic mass is 79.9. The van der Waals surface area contributed by atoms with E-state index in [1.807, 2.05) is 0 Å². The van der Waals surface area contributed by atoms with E-state index in [2.05, 4.69) is 26.0 Å². The normalized spacial score (nSPS) is 13.8. The molecule has 0 aliphatic heterocycles. The van der Waals surface area contributed by atoms with Gasteiger partial charge in [0.2, 0.25) is 10.0 Å². The summed E-state index contributed by atoms with van der Waals surface area (Å²) in [5.41, 5.74) is 0.978. The molecule has 1 aliphatic carbocycles. The predicted molar refractivity (Wildman–Crippen MR) is 108 cm³/mol. The molecule has 2 aromatic rings. The summed E-state index contributed by atoms with van der Waals surface area (Å²) in [5, 5.41) is 2.79. The Hall–Kier alpha value is -2.10. The Kier molecular flexibility index (Phi) is 6.26. The van der Waals surface area contributed by atoms with Crippen LogP contribution in [0.4, 0.5) is 0 Å². The van der Waals surface area contributed by atoms with Crippen molar-refractivity contribution in [2.24, 2.45) is 0 Å². The first-order valence-corrected chi connectivity index (χ1v) is 10.9. The zero-order valence-electron chi connectivity index (χ0n) is 15.5. The molecule has 1 amide bonds. The van der Waals surface area contributed by atoms with Crippen LogP contribution in [0.5, 0.6) is 11.5 Å². The molecule has 1 aliphatic rings. The van der Waals surface area contributed by atoms with Gasteiger partial charge < -0.3 is 14.8 Å². The Bertz CT molecular complexity index is 990. The molecule has 1 fully saturated rings. The van der Waals surface area contributed by atoms with E-state index in [-0.39, 0.29) is 23.0 Å². The number of nitrogens with one attached hydrogen (secondary N) is 2. The van der Waals surface area contributed by atoms with E-state index >= 15 is 0 Å². The molecule has 28 heavy (non-hydrogen) atoms. The molecule has 7 nitrogen and oxygen atoms in total. The Morgan fingerprint density at radius 1 is 1.14 bits per heavy atom. The standard InChI is InChI=1S/C19H21BrN2O5S/c1-26-14-5-8-18(27-2)12(9-14)11-21-19(23)16-10-15(6-7-17(16)20)28(24,25)22-13-3-4-13/h5-10,13,22H,3-4,11H2,1-2H3,(H,21,23). The molecular weight excluding hydrogens is 448 g/mol. The largest absolute Gasteiger partial charge is 0.497 e. The molecule has 3 rings (SSSR count). The highest BCUT2D eigenvalue weighted by molar-refractivity contribution is 9.10. The molecule has 2 N–H and O–H groups in total. The summed E-state index contributed by atoms with van der Waals surface area (Å²) in [7, 11) is -0.539. The van der Waals surface area contributed by atoms with Crippen LogP contribution >= 0.6 is 15.9 Å². The number of benzene rings is 2. The monoisotopic (exact) mass is 468 g/mol. The summed E-state index contributed by atoms with van der Waals surface area (Å²) in [6.07, 6.45) is 1.68. The lowest BCUT2D eigenvalue weighted by Crippen LogP contribution is -2.27. The minimum Gasteiger partial charge on any atom is -0.497 e. The molecule has 0 unspecified atom stereocenters. The summed E-state index contributed by atoms with van der Waals surface area (Å²) < 4.78 is 38.5. The van der Waals surface area contributed by atoms with Crippen LogP contribution in [-0.2, 0) is 16.6 Å². The zero-order chi connectivity index (χ0) is 20.3. The van der Waals surface area contributed by atoms with Crippen LogP contribution in [0.15, 0.2) is 45.8 Å². The second-order valence-electron chi connectivity index (χ2n) is 6.40. The number of sulfonamides is 1. The third-order valence-electron chi connectivity index (χ3n) is 4.32. The maximum absolute atomic E-state index is 12.7. The topological polar surface area (TPSA) is 93.7 Å². The zero-order valence-corrected chi connectivity index (χ0v) is 17.9. The first kappa shape index (κ1) is 20.6. The van der Waals surface area contributed by atoms with Gasteiger partial charge in [0.15, 0.2) is 0 Å². The summed E-state index contributed by atoms with van der Waals surface area (Å²) in [6, 6.07) is 9.68. The fourth-order valence-electron chi connectivity index (χ4n) is 2.62. The third-order valence-corrected chi connectivity index (χ3v) is 6.53. The van der Waals surface area contributed by atoms with Crippen LogP contribution in [0.2, 0.25) is 0 Å². The summed E-state index contributed by atoms with van der Waals surface area (Å²) in [4.78, 5) is 12.7. The molecule has 0 aromatic heterocycles. The maximum atomic E-state index is 12.7. The van der Waals surface area contributed by atoms with Crippen molar-refractivity contribution in [3.63, 3.8) is 0 Å². The minimum atomic E-state index is -3.64. The molecule has 150 valence electrons. The van der Waals surface area contributed by atoms with Crippen LogP contribution in [0.1, 0.15) is 28.8 Å². The van der Waals surface area contributed by atoms with Gasteiger partial charge in [-0.15, -0.1) is 0 Å².